The Kier molecular flexibility index (Phi) is 3.33. The highest BCUT2D eigenvalue weighted by atomic mass is 32.1. The lowest BCUT2D eigenvalue weighted by molar-refractivity contribution is 0.0606. The van der Waals surface area contributed by atoms with Gasteiger partial charge in [-0.25, -0.2) is 4.79 Å². The number of carbonyl (C=O) groups excluding carboxylic acids is 2. The maximum atomic E-state index is 12.2. The topological polar surface area (TPSA) is 63.6 Å². The number of methoxy groups -OCH3 is 1. The third kappa shape index (κ3) is 2.04. The molecule has 0 radical (unpaired) electrons. The molecule has 3 heterocycles. The Morgan fingerprint density at radius 3 is 2.65 bits per heavy atom. The maximum Gasteiger partial charge on any atom is 0.348 e. The molecule has 0 bridgehead atoms. The quantitative estimate of drug-likeness (QED) is 0.589. The molecule has 0 saturated heterocycles. The molecule has 0 atom stereocenters. The zero-order chi connectivity index (χ0) is 14.3. The van der Waals surface area contributed by atoms with E-state index in [0.717, 1.165) is 11.3 Å². The van der Waals surface area contributed by atoms with Crippen molar-refractivity contribution in [3.05, 3.63) is 38.2 Å². The van der Waals surface area contributed by atoms with Gasteiger partial charge in [-0.1, -0.05) is 6.07 Å². The lowest BCUT2D eigenvalue weighted by Crippen LogP contribution is -1.97. The van der Waals surface area contributed by atoms with Gasteiger partial charge < -0.3 is 9.84 Å². The summed E-state index contributed by atoms with van der Waals surface area (Å²) < 4.78 is 5.91. The molecule has 4 nitrogen and oxygen atoms in total. The van der Waals surface area contributed by atoms with Crippen molar-refractivity contribution in [3.63, 3.8) is 0 Å². The van der Waals surface area contributed by atoms with E-state index in [-0.39, 0.29) is 11.5 Å². The fraction of sp³-hybridized carbons (Fsp3) is 0.0769. The van der Waals surface area contributed by atoms with E-state index in [1.165, 1.54) is 29.8 Å². The van der Waals surface area contributed by atoms with Gasteiger partial charge in [0.05, 0.1) is 21.4 Å². The van der Waals surface area contributed by atoms with Crippen LogP contribution in [0.3, 0.4) is 0 Å². The minimum Gasteiger partial charge on any atom is -0.505 e. The summed E-state index contributed by atoms with van der Waals surface area (Å²) >= 11 is 3.65. The maximum absolute atomic E-state index is 12.2. The van der Waals surface area contributed by atoms with Crippen LogP contribution in [0.1, 0.15) is 24.2 Å². The zero-order valence-corrected chi connectivity index (χ0v) is 12.7. The van der Waals surface area contributed by atoms with Crippen LogP contribution in [-0.4, -0.2) is 24.0 Å². The molecule has 0 fully saturated rings. The summed E-state index contributed by atoms with van der Waals surface area (Å²) in [5, 5.41) is 12.0. The molecule has 0 spiro atoms. The second-order valence-electron chi connectivity index (χ2n) is 3.88. The first-order chi connectivity index (χ1) is 9.61. The van der Waals surface area contributed by atoms with Gasteiger partial charge in [0.15, 0.2) is 5.75 Å². The van der Waals surface area contributed by atoms with E-state index in [9.17, 15) is 14.7 Å². The Balaban J connectivity index is 2.06. The minimum absolute atomic E-state index is 0.0523. The highest BCUT2D eigenvalue weighted by Gasteiger charge is 2.23. The molecule has 7 heteroatoms. The molecule has 3 rings (SSSR count). The fourth-order valence-corrected chi connectivity index (χ4v) is 4.78. The van der Waals surface area contributed by atoms with Gasteiger partial charge in [0.25, 0.3) is 0 Å². The van der Waals surface area contributed by atoms with Gasteiger partial charge in [-0.3, -0.25) is 4.79 Å². The van der Waals surface area contributed by atoms with Gasteiger partial charge in [0, 0.05) is 0 Å². The number of carbonyl (C=O) groups is 2. The number of hydrogen-bond donors (Lipinski definition) is 1. The summed E-state index contributed by atoms with van der Waals surface area (Å²) in [6.07, 6.45) is 0. The Hall–Kier alpha value is -1.70. The van der Waals surface area contributed by atoms with Crippen LogP contribution in [0.15, 0.2) is 23.6 Å². The summed E-state index contributed by atoms with van der Waals surface area (Å²) in [5.41, 5.74) is 0. The zero-order valence-electron chi connectivity index (χ0n) is 10.2. The van der Waals surface area contributed by atoms with E-state index in [4.69, 9.17) is 0 Å². The smallest absolute Gasteiger partial charge is 0.348 e. The first-order valence-corrected chi connectivity index (χ1v) is 8.05. The van der Waals surface area contributed by atoms with Crippen LogP contribution >= 0.6 is 34.0 Å². The molecular weight excluding hydrogens is 316 g/mol. The van der Waals surface area contributed by atoms with E-state index in [2.05, 4.69) is 4.74 Å². The lowest BCUT2D eigenvalue weighted by atomic mass is 10.2. The molecule has 3 aromatic heterocycles. The molecule has 3 aromatic rings. The summed E-state index contributed by atoms with van der Waals surface area (Å²) in [4.78, 5) is 25.0. The molecule has 1 N–H and O–H groups in total. The van der Waals surface area contributed by atoms with Crippen molar-refractivity contribution in [2.24, 2.45) is 0 Å². The van der Waals surface area contributed by atoms with Crippen LogP contribution in [0.5, 0.6) is 5.75 Å². The van der Waals surface area contributed by atoms with Crippen molar-refractivity contribution in [1.82, 2.24) is 0 Å². The lowest BCUT2D eigenvalue weighted by Gasteiger charge is -1.95. The number of ketones is 1. The number of thiophene rings is 3. The van der Waals surface area contributed by atoms with Crippen molar-refractivity contribution >= 4 is 55.2 Å². The molecular formula is C13H8O4S3. The van der Waals surface area contributed by atoms with E-state index in [1.54, 1.807) is 18.2 Å². The first-order valence-electron chi connectivity index (χ1n) is 5.53. The van der Waals surface area contributed by atoms with Gasteiger partial charge >= 0.3 is 5.97 Å². The van der Waals surface area contributed by atoms with E-state index in [1.807, 2.05) is 5.38 Å². The number of ether oxygens (including phenoxy) is 1. The normalized spacial score (nSPS) is 10.8. The molecule has 20 heavy (non-hydrogen) atoms. The number of fused-ring (bicyclic) bond motifs is 1. The predicted octanol–water partition coefficient (Wildman–Crippen LogP) is 3.75. The SMILES string of the molecule is COC(=O)c1cc2sc(C(=O)c3cccs3)c(O)c2s1. The van der Waals surface area contributed by atoms with Crippen molar-refractivity contribution < 1.29 is 19.4 Å². The highest BCUT2D eigenvalue weighted by Crippen LogP contribution is 2.43. The van der Waals surface area contributed by atoms with Crippen molar-refractivity contribution in [2.75, 3.05) is 7.11 Å². The standard InChI is InChI=1S/C13H8O4S3/c1-17-13(16)8-5-7-11(20-8)10(15)12(19-7)9(14)6-3-2-4-18-6/h2-5,15H,1H3. The Labute approximate surface area is 125 Å². The summed E-state index contributed by atoms with van der Waals surface area (Å²) in [7, 11) is 1.31. The Bertz CT molecular complexity index is 795. The van der Waals surface area contributed by atoms with Crippen LogP contribution in [0, 0.1) is 0 Å². The molecule has 0 aliphatic carbocycles. The minimum atomic E-state index is -0.441. The second kappa shape index (κ2) is 5.01. The molecule has 0 aliphatic heterocycles. The number of esters is 1. The van der Waals surface area contributed by atoms with Gasteiger partial charge in [0.1, 0.15) is 9.75 Å². The third-order valence-electron chi connectivity index (χ3n) is 2.68. The van der Waals surface area contributed by atoms with Crippen LogP contribution in [0.4, 0.5) is 0 Å². The predicted molar refractivity (Wildman–Crippen MR) is 80.5 cm³/mol. The van der Waals surface area contributed by atoms with Gasteiger partial charge in [0.2, 0.25) is 5.78 Å². The average Bonchev–Trinajstić information content (AvgIpc) is 3.15. The fourth-order valence-electron chi connectivity index (χ4n) is 1.75. The number of aromatic hydroxyl groups is 1. The van der Waals surface area contributed by atoms with Crippen LogP contribution in [-0.2, 0) is 4.74 Å². The molecule has 0 saturated carbocycles. The Morgan fingerprint density at radius 2 is 2.05 bits per heavy atom. The van der Waals surface area contributed by atoms with Gasteiger partial charge in [-0.15, -0.1) is 34.0 Å². The molecule has 0 unspecified atom stereocenters. The van der Waals surface area contributed by atoms with Crippen molar-refractivity contribution in [1.29, 1.82) is 0 Å². The van der Waals surface area contributed by atoms with E-state index >= 15 is 0 Å². The van der Waals surface area contributed by atoms with Crippen molar-refractivity contribution in [3.8, 4) is 5.75 Å². The summed E-state index contributed by atoms with van der Waals surface area (Å²) in [5.74, 6) is -0.682. The van der Waals surface area contributed by atoms with Crippen LogP contribution in [0.25, 0.3) is 9.40 Å². The summed E-state index contributed by atoms with van der Waals surface area (Å²) in [6, 6.07) is 5.15. The highest BCUT2D eigenvalue weighted by molar-refractivity contribution is 7.30. The second-order valence-corrected chi connectivity index (χ2v) is 6.93. The average molecular weight is 324 g/mol. The van der Waals surface area contributed by atoms with Crippen molar-refractivity contribution in [2.45, 2.75) is 0 Å². The third-order valence-corrected chi connectivity index (χ3v) is 5.92. The number of rotatable bonds is 3. The molecule has 0 aromatic carbocycles. The molecule has 102 valence electrons. The summed E-state index contributed by atoms with van der Waals surface area (Å²) in [6.45, 7) is 0. The van der Waals surface area contributed by atoms with Gasteiger partial charge in [-0.2, -0.15) is 0 Å². The van der Waals surface area contributed by atoms with Gasteiger partial charge in [-0.05, 0) is 17.5 Å². The van der Waals surface area contributed by atoms with Crippen LogP contribution < -0.4 is 0 Å². The molecule has 0 aliphatic rings. The van der Waals surface area contributed by atoms with Crippen LogP contribution in [0.2, 0.25) is 0 Å². The first kappa shape index (κ1) is 13.3. The Morgan fingerprint density at radius 1 is 1.25 bits per heavy atom. The van der Waals surface area contributed by atoms with E-state index in [0.29, 0.717) is 24.0 Å². The largest absolute Gasteiger partial charge is 0.505 e. The van der Waals surface area contributed by atoms with E-state index < -0.39 is 5.97 Å². The molecule has 0 amide bonds. The monoisotopic (exact) mass is 324 g/mol. The number of hydrogen-bond acceptors (Lipinski definition) is 7.